The average molecular weight is 237 g/mol. The van der Waals surface area contributed by atoms with E-state index < -0.39 is 0 Å². The van der Waals surface area contributed by atoms with Gasteiger partial charge in [-0.3, -0.25) is 0 Å². The molecule has 1 aromatic rings. The Balaban J connectivity index is 1.76. The minimum atomic E-state index is -0.113. The van der Waals surface area contributed by atoms with Crippen molar-refractivity contribution in [2.45, 2.75) is 38.3 Å². The summed E-state index contributed by atoms with van der Waals surface area (Å²) in [5.41, 5.74) is 0.778. The summed E-state index contributed by atoms with van der Waals surface area (Å²) in [4.78, 5) is 0. The molecule has 0 radical (unpaired) electrons. The SMILES string of the molecule is C[C@H](Cc1ccccc1F)NC[C@@H]1CCCO1. The molecule has 0 unspecified atom stereocenters. The fourth-order valence-electron chi connectivity index (χ4n) is 2.20. The van der Waals surface area contributed by atoms with Crippen molar-refractivity contribution in [3.63, 3.8) is 0 Å². The molecule has 0 aromatic heterocycles. The molecule has 1 saturated heterocycles. The highest BCUT2D eigenvalue weighted by atomic mass is 19.1. The average Bonchev–Trinajstić information content (AvgIpc) is 2.82. The number of halogens is 1. The Bertz CT molecular complexity index is 350. The van der Waals surface area contributed by atoms with E-state index in [4.69, 9.17) is 4.74 Å². The molecule has 1 fully saturated rings. The van der Waals surface area contributed by atoms with Gasteiger partial charge in [0.05, 0.1) is 6.10 Å². The first-order valence-corrected chi connectivity index (χ1v) is 6.34. The van der Waals surface area contributed by atoms with E-state index in [1.807, 2.05) is 12.1 Å². The molecular formula is C14H20FNO. The van der Waals surface area contributed by atoms with Crippen LogP contribution in [0, 0.1) is 5.82 Å². The molecule has 0 amide bonds. The summed E-state index contributed by atoms with van der Waals surface area (Å²) in [6.07, 6.45) is 3.37. The van der Waals surface area contributed by atoms with E-state index in [1.54, 1.807) is 6.07 Å². The third-order valence-electron chi connectivity index (χ3n) is 3.20. The second-order valence-corrected chi connectivity index (χ2v) is 4.74. The molecule has 0 bridgehead atoms. The normalized spacial score (nSPS) is 21.6. The molecule has 2 rings (SSSR count). The Morgan fingerprint density at radius 1 is 1.47 bits per heavy atom. The summed E-state index contributed by atoms with van der Waals surface area (Å²) in [6.45, 7) is 3.84. The maximum absolute atomic E-state index is 13.4. The van der Waals surface area contributed by atoms with Crippen LogP contribution in [0.5, 0.6) is 0 Å². The highest BCUT2D eigenvalue weighted by molar-refractivity contribution is 5.18. The largest absolute Gasteiger partial charge is 0.377 e. The van der Waals surface area contributed by atoms with E-state index in [0.29, 0.717) is 6.10 Å². The zero-order valence-corrected chi connectivity index (χ0v) is 10.3. The summed E-state index contributed by atoms with van der Waals surface area (Å²) >= 11 is 0. The van der Waals surface area contributed by atoms with Crippen LogP contribution < -0.4 is 5.32 Å². The standard InChI is InChI=1S/C14H20FNO/c1-11(16-10-13-6-4-8-17-13)9-12-5-2-3-7-14(12)15/h2-3,5,7,11,13,16H,4,6,8-10H2,1H3/t11-,13+/m1/s1. The summed E-state index contributed by atoms with van der Waals surface area (Å²) in [5.74, 6) is -0.113. The van der Waals surface area contributed by atoms with Crippen molar-refractivity contribution < 1.29 is 9.13 Å². The number of hydrogen-bond acceptors (Lipinski definition) is 2. The fraction of sp³-hybridized carbons (Fsp3) is 0.571. The lowest BCUT2D eigenvalue weighted by Gasteiger charge is -2.17. The van der Waals surface area contributed by atoms with Crippen molar-refractivity contribution >= 4 is 0 Å². The number of benzene rings is 1. The minimum absolute atomic E-state index is 0.113. The van der Waals surface area contributed by atoms with Crippen LogP contribution in [-0.2, 0) is 11.2 Å². The van der Waals surface area contributed by atoms with Gasteiger partial charge in [0.15, 0.2) is 0 Å². The van der Waals surface area contributed by atoms with Gasteiger partial charge in [-0.15, -0.1) is 0 Å². The van der Waals surface area contributed by atoms with Crippen LogP contribution in [0.25, 0.3) is 0 Å². The lowest BCUT2D eigenvalue weighted by atomic mass is 10.1. The third-order valence-corrected chi connectivity index (χ3v) is 3.20. The van der Waals surface area contributed by atoms with Crippen molar-refractivity contribution in [2.24, 2.45) is 0 Å². The molecule has 94 valence electrons. The Morgan fingerprint density at radius 2 is 2.29 bits per heavy atom. The van der Waals surface area contributed by atoms with Gasteiger partial charge in [0.1, 0.15) is 5.82 Å². The smallest absolute Gasteiger partial charge is 0.126 e. The summed E-state index contributed by atoms with van der Waals surface area (Å²) < 4.78 is 19.0. The lowest BCUT2D eigenvalue weighted by Crippen LogP contribution is -2.34. The Hall–Kier alpha value is -0.930. The molecule has 0 saturated carbocycles. The van der Waals surface area contributed by atoms with Crippen molar-refractivity contribution in [1.29, 1.82) is 0 Å². The van der Waals surface area contributed by atoms with E-state index >= 15 is 0 Å². The third kappa shape index (κ3) is 3.79. The molecule has 2 atom stereocenters. The monoisotopic (exact) mass is 237 g/mol. The predicted molar refractivity (Wildman–Crippen MR) is 66.5 cm³/mol. The summed E-state index contributed by atoms with van der Waals surface area (Å²) in [5, 5.41) is 3.41. The van der Waals surface area contributed by atoms with Crippen LogP contribution in [0.2, 0.25) is 0 Å². The van der Waals surface area contributed by atoms with Gasteiger partial charge < -0.3 is 10.1 Å². The van der Waals surface area contributed by atoms with Crippen molar-refractivity contribution in [3.05, 3.63) is 35.6 Å². The molecule has 0 spiro atoms. The quantitative estimate of drug-likeness (QED) is 0.849. The highest BCUT2D eigenvalue weighted by Crippen LogP contribution is 2.12. The first-order valence-electron chi connectivity index (χ1n) is 6.34. The molecule has 0 aliphatic carbocycles. The van der Waals surface area contributed by atoms with Crippen LogP contribution in [0.1, 0.15) is 25.3 Å². The number of hydrogen-bond donors (Lipinski definition) is 1. The second kappa shape index (κ2) is 6.12. The van der Waals surface area contributed by atoms with E-state index in [1.165, 1.54) is 6.07 Å². The van der Waals surface area contributed by atoms with Crippen molar-refractivity contribution in [1.82, 2.24) is 5.32 Å². The maximum atomic E-state index is 13.4. The first kappa shape index (κ1) is 12.5. The topological polar surface area (TPSA) is 21.3 Å². The zero-order valence-electron chi connectivity index (χ0n) is 10.3. The van der Waals surface area contributed by atoms with Gasteiger partial charge in [0.25, 0.3) is 0 Å². The Morgan fingerprint density at radius 3 is 3.00 bits per heavy atom. The Labute approximate surface area is 102 Å². The Kier molecular flexibility index (Phi) is 4.51. The van der Waals surface area contributed by atoms with Gasteiger partial charge in [0, 0.05) is 19.2 Å². The van der Waals surface area contributed by atoms with Crippen LogP contribution in [-0.4, -0.2) is 25.3 Å². The molecular weight excluding hydrogens is 217 g/mol. The maximum Gasteiger partial charge on any atom is 0.126 e. The first-order chi connectivity index (χ1) is 8.25. The van der Waals surface area contributed by atoms with Crippen LogP contribution in [0.15, 0.2) is 24.3 Å². The van der Waals surface area contributed by atoms with Gasteiger partial charge in [0.2, 0.25) is 0 Å². The predicted octanol–water partition coefficient (Wildman–Crippen LogP) is 2.53. The van der Waals surface area contributed by atoms with Gasteiger partial charge in [-0.1, -0.05) is 18.2 Å². The van der Waals surface area contributed by atoms with E-state index in [0.717, 1.165) is 38.0 Å². The van der Waals surface area contributed by atoms with Crippen molar-refractivity contribution in [3.8, 4) is 0 Å². The van der Waals surface area contributed by atoms with E-state index in [-0.39, 0.29) is 11.9 Å². The summed E-state index contributed by atoms with van der Waals surface area (Å²) in [6, 6.07) is 7.24. The van der Waals surface area contributed by atoms with Gasteiger partial charge in [-0.25, -0.2) is 4.39 Å². The molecule has 3 heteroatoms. The molecule has 1 aromatic carbocycles. The number of ether oxygens (including phenoxy) is 1. The fourth-order valence-corrected chi connectivity index (χ4v) is 2.20. The van der Waals surface area contributed by atoms with Crippen LogP contribution in [0.4, 0.5) is 4.39 Å². The molecule has 1 aliphatic rings. The molecule has 17 heavy (non-hydrogen) atoms. The highest BCUT2D eigenvalue weighted by Gasteiger charge is 2.16. The molecule has 1 aliphatic heterocycles. The number of rotatable bonds is 5. The summed E-state index contributed by atoms with van der Waals surface area (Å²) in [7, 11) is 0. The zero-order chi connectivity index (χ0) is 12.1. The van der Waals surface area contributed by atoms with E-state index in [9.17, 15) is 4.39 Å². The van der Waals surface area contributed by atoms with E-state index in [2.05, 4.69) is 12.2 Å². The van der Waals surface area contributed by atoms with Crippen LogP contribution in [0.3, 0.4) is 0 Å². The molecule has 1 N–H and O–H groups in total. The van der Waals surface area contributed by atoms with Gasteiger partial charge in [-0.2, -0.15) is 0 Å². The van der Waals surface area contributed by atoms with Crippen LogP contribution >= 0.6 is 0 Å². The molecule has 2 nitrogen and oxygen atoms in total. The van der Waals surface area contributed by atoms with Gasteiger partial charge >= 0.3 is 0 Å². The minimum Gasteiger partial charge on any atom is -0.377 e. The van der Waals surface area contributed by atoms with Crippen molar-refractivity contribution in [2.75, 3.05) is 13.2 Å². The number of nitrogens with one attached hydrogen (secondary N) is 1. The second-order valence-electron chi connectivity index (χ2n) is 4.74. The van der Waals surface area contributed by atoms with Gasteiger partial charge in [-0.05, 0) is 37.8 Å². The lowest BCUT2D eigenvalue weighted by molar-refractivity contribution is 0.108. The molecule has 1 heterocycles.